The van der Waals surface area contributed by atoms with Gasteiger partial charge in [-0.25, -0.2) is 8.42 Å². The number of pyridine rings is 1. The highest BCUT2D eigenvalue weighted by molar-refractivity contribution is 7.97. The van der Waals surface area contributed by atoms with Crippen molar-refractivity contribution in [1.82, 2.24) is 0 Å². The number of para-hydroxylation sites is 1. The van der Waals surface area contributed by atoms with E-state index in [-0.39, 0.29) is 20.8 Å². The Hall–Kier alpha value is -3.31. The summed E-state index contributed by atoms with van der Waals surface area (Å²) in [5, 5.41) is 0. The summed E-state index contributed by atoms with van der Waals surface area (Å²) in [5.41, 5.74) is 4.90. The number of carbonyl (C=O) groups excluding carboxylic acids is 1. The first kappa shape index (κ1) is 19.6. The van der Waals surface area contributed by atoms with E-state index < -0.39 is 15.6 Å². The van der Waals surface area contributed by atoms with E-state index in [9.17, 15) is 13.2 Å². The van der Waals surface area contributed by atoms with Gasteiger partial charge >= 0.3 is 0 Å². The fourth-order valence-electron chi connectivity index (χ4n) is 4.51. The molecule has 0 fully saturated rings. The first-order valence-electron chi connectivity index (χ1n) is 10.2. The standard InChI is InChI=1S/C26H22NO3S/c1-26(2)20-11-5-6-12-21(20)27-16-15-18(17-24(26)27)9-3-7-14-23-25(28)19-10-4-8-13-22(19)31(23,29)30/h3-6,8-17H,7H2,1-2H3/q+1/b9-3+,23-14-. The molecule has 1 aromatic heterocycles. The van der Waals surface area contributed by atoms with Crippen molar-refractivity contribution >= 4 is 21.7 Å². The summed E-state index contributed by atoms with van der Waals surface area (Å²) < 4.78 is 27.5. The summed E-state index contributed by atoms with van der Waals surface area (Å²) in [7, 11) is -3.72. The number of Topliss-reactive ketones (excluding diaryl/α,β-unsaturated/α-hetero) is 1. The topological polar surface area (TPSA) is 55.1 Å². The Balaban J connectivity index is 1.40. The maximum Gasteiger partial charge on any atom is 0.215 e. The molecule has 0 N–H and O–H groups in total. The summed E-state index contributed by atoms with van der Waals surface area (Å²) >= 11 is 0. The summed E-state index contributed by atoms with van der Waals surface area (Å²) in [4.78, 5) is 12.5. The lowest BCUT2D eigenvalue weighted by Gasteiger charge is -2.14. The summed E-state index contributed by atoms with van der Waals surface area (Å²) in [6.45, 7) is 4.44. The zero-order valence-electron chi connectivity index (χ0n) is 17.4. The molecule has 3 aromatic rings. The molecule has 5 heteroatoms. The number of hydrogen-bond donors (Lipinski definition) is 0. The number of ketones is 1. The Morgan fingerprint density at radius 2 is 1.74 bits per heavy atom. The average molecular weight is 429 g/mol. The quantitative estimate of drug-likeness (QED) is 0.454. The molecule has 2 aliphatic rings. The van der Waals surface area contributed by atoms with Crippen LogP contribution < -0.4 is 4.57 Å². The lowest BCUT2D eigenvalue weighted by Crippen LogP contribution is -2.34. The Morgan fingerprint density at radius 1 is 1.00 bits per heavy atom. The second kappa shape index (κ2) is 6.86. The van der Waals surface area contributed by atoms with Crippen LogP contribution in [0.3, 0.4) is 0 Å². The molecule has 0 bridgehead atoms. The monoisotopic (exact) mass is 428 g/mol. The van der Waals surface area contributed by atoms with E-state index in [1.807, 2.05) is 18.2 Å². The molecule has 4 nitrogen and oxygen atoms in total. The van der Waals surface area contributed by atoms with Crippen molar-refractivity contribution in [2.45, 2.75) is 30.6 Å². The highest BCUT2D eigenvalue weighted by Gasteiger charge is 2.43. The van der Waals surface area contributed by atoms with Crippen LogP contribution in [-0.4, -0.2) is 14.2 Å². The molecule has 3 heterocycles. The summed E-state index contributed by atoms with van der Waals surface area (Å²) in [6.07, 6.45) is 7.80. The van der Waals surface area contributed by atoms with Crippen molar-refractivity contribution in [2.75, 3.05) is 0 Å². The van der Waals surface area contributed by atoms with Crippen LogP contribution >= 0.6 is 0 Å². The smallest absolute Gasteiger partial charge is 0.215 e. The second-order valence-corrected chi connectivity index (χ2v) is 10.3. The summed E-state index contributed by atoms with van der Waals surface area (Å²) in [5.74, 6) is -0.419. The fourth-order valence-corrected chi connectivity index (χ4v) is 6.12. The normalized spacial score (nSPS) is 18.9. The van der Waals surface area contributed by atoms with Crippen molar-refractivity contribution in [2.24, 2.45) is 0 Å². The van der Waals surface area contributed by atoms with Crippen molar-refractivity contribution in [3.63, 3.8) is 0 Å². The molecule has 5 rings (SSSR count). The molecular formula is C26H22NO3S+. The number of hydrogen-bond acceptors (Lipinski definition) is 3. The third-order valence-corrected chi connectivity index (χ3v) is 8.01. The SMILES string of the molecule is CC1(C)c2ccccc2-[n+]2ccc(/C=C/C/C=C3/C(=O)c4ccccc4S3(=O)=O)cc21. The van der Waals surface area contributed by atoms with E-state index in [0.29, 0.717) is 6.42 Å². The van der Waals surface area contributed by atoms with Gasteiger partial charge in [0.1, 0.15) is 4.91 Å². The number of fused-ring (bicyclic) bond motifs is 4. The molecule has 0 aliphatic carbocycles. The number of carbonyl (C=O) groups is 1. The minimum atomic E-state index is -3.72. The van der Waals surface area contributed by atoms with E-state index in [1.54, 1.807) is 18.2 Å². The maximum absolute atomic E-state index is 12.7. The molecule has 0 atom stereocenters. The number of rotatable bonds is 3. The van der Waals surface area contributed by atoms with Gasteiger partial charge in [-0.1, -0.05) is 48.6 Å². The lowest BCUT2D eigenvalue weighted by atomic mass is 9.83. The second-order valence-electron chi connectivity index (χ2n) is 8.39. The Bertz CT molecular complexity index is 1410. The molecular weight excluding hydrogens is 406 g/mol. The van der Waals surface area contributed by atoms with Crippen LogP contribution in [0, 0.1) is 0 Å². The molecule has 2 aromatic carbocycles. The minimum absolute atomic E-state index is 0.0987. The van der Waals surface area contributed by atoms with Crippen LogP contribution in [0.2, 0.25) is 0 Å². The number of benzene rings is 2. The molecule has 0 amide bonds. The van der Waals surface area contributed by atoms with E-state index in [4.69, 9.17) is 0 Å². The van der Waals surface area contributed by atoms with Gasteiger partial charge in [-0.05, 0) is 38.0 Å². The van der Waals surface area contributed by atoms with Crippen molar-refractivity contribution in [3.8, 4) is 5.69 Å². The van der Waals surface area contributed by atoms with Gasteiger partial charge in [-0.15, -0.1) is 0 Å². The third-order valence-electron chi connectivity index (χ3n) is 6.14. The van der Waals surface area contributed by atoms with Gasteiger partial charge < -0.3 is 0 Å². The number of nitrogens with zero attached hydrogens (tertiary/aromatic N) is 1. The zero-order valence-corrected chi connectivity index (χ0v) is 18.2. The third kappa shape index (κ3) is 2.92. The first-order valence-corrected chi connectivity index (χ1v) is 11.7. The Labute approximate surface area is 182 Å². The van der Waals surface area contributed by atoms with E-state index in [1.165, 1.54) is 29.1 Å². The van der Waals surface area contributed by atoms with Gasteiger partial charge in [0.15, 0.2) is 11.9 Å². The van der Waals surface area contributed by atoms with Gasteiger partial charge in [0, 0.05) is 29.3 Å². The average Bonchev–Trinajstić information content (AvgIpc) is 3.11. The molecule has 2 aliphatic heterocycles. The van der Waals surface area contributed by atoms with E-state index in [0.717, 1.165) is 5.56 Å². The maximum atomic E-state index is 12.7. The lowest BCUT2D eigenvalue weighted by molar-refractivity contribution is -0.599. The molecule has 154 valence electrons. The van der Waals surface area contributed by atoms with E-state index >= 15 is 0 Å². The van der Waals surface area contributed by atoms with Gasteiger partial charge in [-0.2, -0.15) is 4.57 Å². The fraction of sp³-hybridized carbons (Fsp3) is 0.154. The van der Waals surface area contributed by atoms with Crippen molar-refractivity contribution in [1.29, 1.82) is 0 Å². The Kier molecular flexibility index (Phi) is 4.34. The van der Waals surface area contributed by atoms with Crippen molar-refractivity contribution < 1.29 is 17.8 Å². The number of allylic oxidation sites excluding steroid dienone is 3. The number of aromatic nitrogens is 1. The highest BCUT2D eigenvalue weighted by atomic mass is 32.2. The molecule has 0 radical (unpaired) electrons. The largest absolute Gasteiger partial charge is 0.288 e. The minimum Gasteiger partial charge on any atom is -0.288 e. The van der Waals surface area contributed by atoms with Crippen LogP contribution in [-0.2, 0) is 15.3 Å². The Morgan fingerprint density at radius 3 is 2.55 bits per heavy atom. The first-order chi connectivity index (χ1) is 14.8. The molecule has 0 saturated carbocycles. The van der Waals surface area contributed by atoms with Crippen molar-refractivity contribution in [3.05, 3.63) is 106 Å². The highest BCUT2D eigenvalue weighted by Crippen LogP contribution is 2.38. The van der Waals surface area contributed by atoms with Crippen LogP contribution in [0.4, 0.5) is 0 Å². The summed E-state index contributed by atoms with van der Waals surface area (Å²) in [6, 6.07) is 19.0. The molecule has 31 heavy (non-hydrogen) atoms. The molecule has 0 unspecified atom stereocenters. The number of sulfone groups is 1. The predicted molar refractivity (Wildman–Crippen MR) is 120 cm³/mol. The van der Waals surface area contributed by atoms with Gasteiger partial charge in [-0.3, -0.25) is 4.79 Å². The van der Waals surface area contributed by atoms with Gasteiger partial charge in [0.2, 0.25) is 21.3 Å². The molecule has 0 saturated heterocycles. The van der Waals surface area contributed by atoms with Crippen LogP contribution in [0.25, 0.3) is 11.8 Å². The molecule has 0 spiro atoms. The van der Waals surface area contributed by atoms with E-state index in [2.05, 4.69) is 54.9 Å². The van der Waals surface area contributed by atoms with Gasteiger partial charge in [0.25, 0.3) is 0 Å². The van der Waals surface area contributed by atoms with Gasteiger partial charge in [0.05, 0.1) is 10.3 Å². The zero-order chi connectivity index (χ0) is 21.8. The van der Waals surface area contributed by atoms with Crippen LogP contribution in [0.15, 0.2) is 88.8 Å². The van der Waals surface area contributed by atoms with Crippen LogP contribution in [0.5, 0.6) is 0 Å². The van der Waals surface area contributed by atoms with Crippen LogP contribution in [0.1, 0.15) is 47.4 Å². The predicted octanol–water partition coefficient (Wildman–Crippen LogP) is 4.56.